The molecule has 1 atom stereocenters. The Kier molecular flexibility index (Phi) is 5.84. The standard InChI is InChI=1S/C21H19F3N2OS/c1-14(15-6-4-3-5-7-15)26(2)19(27)12-18-13-28-20(25-18)16-8-10-17(11-9-16)21(22,23)24/h3-11,13-14H,12H2,1-2H3/t14-/m0/s1. The van der Waals surface area contributed by atoms with E-state index in [4.69, 9.17) is 0 Å². The van der Waals surface area contributed by atoms with Crippen molar-refractivity contribution in [2.75, 3.05) is 7.05 Å². The third kappa shape index (κ3) is 4.59. The smallest absolute Gasteiger partial charge is 0.339 e. The van der Waals surface area contributed by atoms with Crippen molar-refractivity contribution in [3.63, 3.8) is 0 Å². The van der Waals surface area contributed by atoms with Crippen LogP contribution in [0.25, 0.3) is 10.6 Å². The van der Waals surface area contributed by atoms with Crippen LogP contribution in [-0.4, -0.2) is 22.8 Å². The van der Waals surface area contributed by atoms with Gasteiger partial charge < -0.3 is 4.90 Å². The fourth-order valence-corrected chi connectivity index (χ4v) is 3.60. The molecule has 0 N–H and O–H groups in total. The van der Waals surface area contributed by atoms with Gasteiger partial charge in [-0.2, -0.15) is 13.2 Å². The molecule has 1 heterocycles. The summed E-state index contributed by atoms with van der Waals surface area (Å²) < 4.78 is 38.0. The molecule has 0 radical (unpaired) electrons. The van der Waals surface area contributed by atoms with Crippen molar-refractivity contribution < 1.29 is 18.0 Å². The van der Waals surface area contributed by atoms with Gasteiger partial charge in [-0.1, -0.05) is 42.5 Å². The normalized spacial score (nSPS) is 12.6. The van der Waals surface area contributed by atoms with Crippen molar-refractivity contribution in [2.45, 2.75) is 25.6 Å². The number of hydrogen-bond donors (Lipinski definition) is 0. The minimum Gasteiger partial charge on any atom is -0.339 e. The SMILES string of the molecule is C[C@@H](c1ccccc1)N(C)C(=O)Cc1csc(-c2ccc(C(F)(F)F)cc2)n1. The zero-order valence-corrected chi connectivity index (χ0v) is 16.2. The summed E-state index contributed by atoms with van der Waals surface area (Å²) in [5.74, 6) is -0.0689. The molecule has 0 aliphatic rings. The molecule has 0 bridgehead atoms. The third-order valence-corrected chi connectivity index (χ3v) is 5.54. The molecule has 0 unspecified atom stereocenters. The van der Waals surface area contributed by atoms with Crippen LogP contribution >= 0.6 is 11.3 Å². The average Bonchev–Trinajstić information content (AvgIpc) is 3.15. The fourth-order valence-electron chi connectivity index (χ4n) is 2.77. The van der Waals surface area contributed by atoms with E-state index in [1.54, 1.807) is 17.3 Å². The van der Waals surface area contributed by atoms with Crippen LogP contribution < -0.4 is 0 Å². The Morgan fingerprint density at radius 2 is 1.75 bits per heavy atom. The number of rotatable bonds is 5. The van der Waals surface area contributed by atoms with Crippen LogP contribution in [0.4, 0.5) is 13.2 Å². The number of carbonyl (C=O) groups is 1. The zero-order chi connectivity index (χ0) is 20.3. The first-order valence-corrected chi connectivity index (χ1v) is 9.56. The molecule has 3 rings (SSSR count). The number of alkyl halides is 3. The summed E-state index contributed by atoms with van der Waals surface area (Å²) in [6.45, 7) is 1.96. The Morgan fingerprint density at radius 3 is 2.36 bits per heavy atom. The number of halogens is 3. The van der Waals surface area contributed by atoms with Gasteiger partial charge in [-0.25, -0.2) is 4.98 Å². The van der Waals surface area contributed by atoms with Gasteiger partial charge in [0.1, 0.15) is 5.01 Å². The first-order chi connectivity index (χ1) is 13.3. The van der Waals surface area contributed by atoms with Crippen molar-refractivity contribution in [2.24, 2.45) is 0 Å². The van der Waals surface area contributed by atoms with Crippen LogP contribution in [-0.2, 0) is 17.4 Å². The Labute approximate surface area is 165 Å². The van der Waals surface area contributed by atoms with Gasteiger partial charge in [0.15, 0.2) is 0 Å². The molecule has 7 heteroatoms. The lowest BCUT2D eigenvalue weighted by Crippen LogP contribution is -2.31. The summed E-state index contributed by atoms with van der Waals surface area (Å²) in [5, 5.41) is 2.36. The first-order valence-electron chi connectivity index (χ1n) is 8.68. The van der Waals surface area contributed by atoms with Crippen LogP contribution in [0.15, 0.2) is 60.0 Å². The molecule has 2 aromatic carbocycles. The second kappa shape index (κ2) is 8.14. The predicted molar refractivity (Wildman–Crippen MR) is 104 cm³/mol. The molecule has 3 nitrogen and oxygen atoms in total. The van der Waals surface area contributed by atoms with Gasteiger partial charge in [-0.05, 0) is 24.6 Å². The second-order valence-corrected chi connectivity index (χ2v) is 7.35. The second-order valence-electron chi connectivity index (χ2n) is 6.49. The number of benzene rings is 2. The molecular weight excluding hydrogens is 385 g/mol. The van der Waals surface area contributed by atoms with Crippen molar-refractivity contribution in [3.05, 3.63) is 76.8 Å². The van der Waals surface area contributed by atoms with Gasteiger partial charge in [0, 0.05) is 18.0 Å². The fraction of sp³-hybridized carbons (Fsp3) is 0.238. The Morgan fingerprint density at radius 1 is 1.11 bits per heavy atom. The maximum Gasteiger partial charge on any atom is 0.416 e. The molecule has 146 valence electrons. The van der Waals surface area contributed by atoms with E-state index in [0.717, 1.165) is 17.7 Å². The van der Waals surface area contributed by atoms with Gasteiger partial charge in [-0.15, -0.1) is 11.3 Å². The lowest BCUT2D eigenvalue weighted by atomic mass is 10.1. The topological polar surface area (TPSA) is 33.2 Å². The molecule has 1 amide bonds. The van der Waals surface area contributed by atoms with Crippen LogP contribution in [0.2, 0.25) is 0 Å². The predicted octanol–water partition coefficient (Wildman–Crippen LogP) is 5.59. The number of likely N-dealkylation sites (N-methyl/N-ethyl adjacent to an activating group) is 1. The van der Waals surface area contributed by atoms with E-state index < -0.39 is 11.7 Å². The van der Waals surface area contributed by atoms with Crippen LogP contribution in [0.3, 0.4) is 0 Å². The number of thiazole rings is 1. The lowest BCUT2D eigenvalue weighted by Gasteiger charge is -2.25. The van der Waals surface area contributed by atoms with Crippen LogP contribution in [0.5, 0.6) is 0 Å². The Hall–Kier alpha value is -2.67. The molecule has 3 aromatic rings. The first kappa shape index (κ1) is 20.1. The number of aromatic nitrogens is 1. The van der Waals surface area contributed by atoms with Crippen molar-refractivity contribution in [3.8, 4) is 10.6 Å². The highest BCUT2D eigenvalue weighted by Gasteiger charge is 2.30. The quantitative estimate of drug-likeness (QED) is 0.555. The maximum atomic E-state index is 12.7. The maximum absolute atomic E-state index is 12.7. The number of hydrogen-bond acceptors (Lipinski definition) is 3. The number of amides is 1. The van der Waals surface area contributed by atoms with Crippen molar-refractivity contribution >= 4 is 17.2 Å². The Bertz CT molecular complexity index is 936. The number of nitrogens with zero attached hydrogens (tertiary/aromatic N) is 2. The molecule has 28 heavy (non-hydrogen) atoms. The monoisotopic (exact) mass is 404 g/mol. The molecule has 0 aliphatic heterocycles. The van der Waals surface area contributed by atoms with E-state index in [2.05, 4.69) is 4.98 Å². The van der Waals surface area contributed by atoms with Crippen LogP contribution in [0, 0.1) is 0 Å². The van der Waals surface area contributed by atoms with E-state index in [1.807, 2.05) is 37.3 Å². The molecule has 0 aliphatic carbocycles. The highest BCUT2D eigenvalue weighted by atomic mass is 32.1. The van der Waals surface area contributed by atoms with Gasteiger partial charge in [-0.3, -0.25) is 4.79 Å². The van der Waals surface area contributed by atoms with Gasteiger partial charge in [0.2, 0.25) is 5.91 Å². The average molecular weight is 404 g/mol. The van der Waals surface area contributed by atoms with E-state index in [-0.39, 0.29) is 18.4 Å². The summed E-state index contributed by atoms with van der Waals surface area (Å²) in [7, 11) is 1.75. The van der Waals surface area contributed by atoms with Crippen molar-refractivity contribution in [1.29, 1.82) is 0 Å². The molecule has 0 fully saturated rings. The number of carbonyl (C=O) groups excluding carboxylic acids is 1. The minimum atomic E-state index is -4.36. The Balaban J connectivity index is 1.68. The lowest BCUT2D eigenvalue weighted by molar-refractivity contribution is -0.137. The largest absolute Gasteiger partial charge is 0.416 e. The summed E-state index contributed by atoms with van der Waals surface area (Å²) in [6, 6.07) is 14.5. The minimum absolute atomic E-state index is 0.0679. The highest BCUT2D eigenvalue weighted by molar-refractivity contribution is 7.13. The zero-order valence-electron chi connectivity index (χ0n) is 15.4. The van der Waals surface area contributed by atoms with E-state index in [1.165, 1.54) is 23.5 Å². The summed E-state index contributed by atoms with van der Waals surface area (Å²) in [6.07, 6.45) is -4.22. The molecule has 0 saturated carbocycles. The highest BCUT2D eigenvalue weighted by Crippen LogP contribution is 2.32. The van der Waals surface area contributed by atoms with Gasteiger partial charge in [0.25, 0.3) is 0 Å². The van der Waals surface area contributed by atoms with E-state index in [0.29, 0.717) is 16.3 Å². The third-order valence-electron chi connectivity index (χ3n) is 4.60. The summed E-state index contributed by atoms with van der Waals surface area (Å²) >= 11 is 1.31. The molecule has 0 saturated heterocycles. The van der Waals surface area contributed by atoms with Gasteiger partial charge in [0.05, 0.1) is 23.7 Å². The van der Waals surface area contributed by atoms with E-state index >= 15 is 0 Å². The van der Waals surface area contributed by atoms with Crippen molar-refractivity contribution in [1.82, 2.24) is 9.88 Å². The van der Waals surface area contributed by atoms with E-state index in [9.17, 15) is 18.0 Å². The molecule has 0 spiro atoms. The van der Waals surface area contributed by atoms with Crippen LogP contribution in [0.1, 0.15) is 29.8 Å². The molecular formula is C21H19F3N2OS. The summed E-state index contributed by atoms with van der Waals surface area (Å²) in [5.41, 5.74) is 1.56. The molecule has 1 aromatic heterocycles. The van der Waals surface area contributed by atoms with Gasteiger partial charge >= 0.3 is 6.18 Å². The summed E-state index contributed by atoms with van der Waals surface area (Å²) in [4.78, 5) is 18.7.